The summed E-state index contributed by atoms with van der Waals surface area (Å²) in [5, 5.41) is 7.27. The number of Topliss-reactive ketones (excluding diaryl/α,β-unsaturated/α-hetero) is 2. The number of ether oxygens (including phenoxy) is 1. The van der Waals surface area contributed by atoms with E-state index in [0.29, 0.717) is 0 Å². The molecule has 0 aromatic rings. The number of cyclic esters (lactones) is 2. The number of aliphatic carboxylic acids is 1. The Bertz CT molecular complexity index is 447. The van der Waals surface area contributed by atoms with E-state index >= 15 is 0 Å². The van der Waals surface area contributed by atoms with Gasteiger partial charge in [0.2, 0.25) is 14.5 Å². The van der Waals surface area contributed by atoms with Crippen LogP contribution in [0.3, 0.4) is 0 Å². The molecule has 13 heteroatoms. The highest BCUT2D eigenvalue weighted by Crippen LogP contribution is 2.00. The molecule has 1 rings (SSSR count). The zero-order valence-electron chi connectivity index (χ0n) is 12.4. The van der Waals surface area contributed by atoms with E-state index in [2.05, 4.69) is 26.1 Å². The second-order valence-electron chi connectivity index (χ2n) is 3.71. The zero-order valence-corrected chi connectivity index (χ0v) is 15.5. The van der Waals surface area contributed by atoms with Gasteiger partial charge in [-0.3, -0.25) is 28.8 Å². The largest absolute Gasteiger partial charge is 0.481 e. The Balaban J connectivity index is -0.0000000407. The minimum atomic E-state index is -1.67. The predicted molar refractivity (Wildman–Crippen MR) is 112 cm³/mol. The van der Waals surface area contributed by atoms with Crippen molar-refractivity contribution in [3.63, 3.8) is 0 Å². The molecule has 0 amide bonds. The van der Waals surface area contributed by atoms with Crippen molar-refractivity contribution in [2.24, 2.45) is 0 Å². The Hall–Kier alpha value is -1.36. The van der Waals surface area contributed by atoms with Gasteiger partial charge in [-0.05, 0) is 25.4 Å². The summed E-state index contributed by atoms with van der Waals surface area (Å²) < 4.78 is 12.9. The van der Waals surface area contributed by atoms with E-state index in [1.54, 1.807) is 0 Å². The highest BCUT2D eigenvalue weighted by molar-refractivity contribution is 8.26. The van der Waals surface area contributed by atoms with Crippen LogP contribution in [0.25, 0.3) is 0 Å². The molecule has 1 aliphatic heterocycles. The number of carboxylic acids is 1. The van der Waals surface area contributed by atoms with E-state index in [4.69, 9.17) is 20.9 Å². The van der Waals surface area contributed by atoms with Gasteiger partial charge >= 0.3 is 17.9 Å². The average Bonchev–Trinajstić information content (AvgIpc) is 2.23. The monoisotopic (exact) mass is 490 g/mol. The number of ketones is 2. The van der Waals surface area contributed by atoms with E-state index in [1.165, 1.54) is 13.8 Å². The van der Waals surface area contributed by atoms with Crippen LogP contribution in [-0.4, -0.2) is 44.0 Å². The number of esters is 2. The number of carboxylic acid groups (broad SMARTS) is 1. The number of carbonyl (C=O) groups excluding carboxylic acids is 5. The van der Waals surface area contributed by atoms with Crippen molar-refractivity contribution in [2.75, 3.05) is 0 Å². The number of carbonyl (C=O) groups is 6. The fourth-order valence-corrected chi connectivity index (χ4v) is 0.833. The van der Waals surface area contributed by atoms with Gasteiger partial charge < -0.3 is 9.84 Å². The normalized spacial score (nSPS) is 9.50. The van der Waals surface area contributed by atoms with Gasteiger partial charge in [-0.15, -0.1) is 0 Å². The van der Waals surface area contributed by atoms with Crippen molar-refractivity contribution in [3.05, 3.63) is 0 Å². The Morgan fingerprint density at radius 3 is 1.18 bits per heavy atom. The maximum Gasteiger partial charge on any atom is 0.324 e. The molecule has 0 aromatic carbocycles. The maximum absolute atomic E-state index is 9.95. The van der Waals surface area contributed by atoms with Gasteiger partial charge in [0.1, 0.15) is 24.4 Å². The summed E-state index contributed by atoms with van der Waals surface area (Å²) in [4.78, 5) is 58.5. The van der Waals surface area contributed by atoms with Crippen molar-refractivity contribution in [3.8, 4) is 0 Å². The standard InChI is InChI=1S/C4H5ClO2.C4H6O3.C3H2O3.4CH4.Cl2OS/c1-3(6)2-4(5)7;1-3(5)2-4(6)7;4-2-1-3(5)6-2;;;;;1-4(2)3/h2H2,1H3;2H2,1H3,(H,6,7);1H2;4*1H4;. The van der Waals surface area contributed by atoms with Crippen LogP contribution < -0.4 is 0 Å². The number of halogens is 3. The molecule has 0 spiro atoms. The van der Waals surface area contributed by atoms with Crippen molar-refractivity contribution in [2.45, 2.75) is 62.8 Å². The van der Waals surface area contributed by atoms with Gasteiger partial charge in [-0.1, -0.05) is 29.7 Å². The second kappa shape index (κ2) is 27.9. The Kier molecular flexibility index (Phi) is 45.2. The summed E-state index contributed by atoms with van der Waals surface area (Å²) in [5.41, 5.74) is 0. The smallest absolute Gasteiger partial charge is 0.324 e. The SMILES string of the molecule is C.C.C.C.CC(=O)CC(=O)Cl.CC(=O)CC(=O)O.O=C1CC(=O)O1.O=S(Cl)Cl. The third kappa shape index (κ3) is 64.2. The minimum Gasteiger partial charge on any atom is -0.481 e. The molecule has 9 nitrogen and oxygen atoms in total. The molecule has 0 atom stereocenters. The van der Waals surface area contributed by atoms with Crippen molar-refractivity contribution in [1.82, 2.24) is 0 Å². The molecule has 1 fully saturated rings. The first-order valence-corrected chi connectivity index (χ1v) is 8.82. The molecule has 0 unspecified atom stereocenters. The quantitative estimate of drug-likeness (QED) is 0.351. The molecule has 1 N–H and O–H groups in total. The first-order chi connectivity index (χ1) is 10.8. The molecule has 28 heavy (non-hydrogen) atoms. The van der Waals surface area contributed by atoms with E-state index < -0.39 is 32.4 Å². The van der Waals surface area contributed by atoms with E-state index in [9.17, 15) is 28.8 Å². The van der Waals surface area contributed by atoms with Crippen LogP contribution in [0.2, 0.25) is 0 Å². The number of rotatable bonds is 4. The molecule has 0 bridgehead atoms. The van der Waals surface area contributed by atoms with Gasteiger partial charge in [0.15, 0.2) is 0 Å². The average molecular weight is 492 g/mol. The fourth-order valence-electron chi connectivity index (χ4n) is 0.645. The molecule has 0 saturated carbocycles. The van der Waals surface area contributed by atoms with Crippen LogP contribution in [0.4, 0.5) is 0 Å². The van der Waals surface area contributed by atoms with E-state index in [-0.39, 0.29) is 60.5 Å². The molecule has 1 aliphatic rings. The van der Waals surface area contributed by atoms with Gasteiger partial charge in [-0.25, -0.2) is 4.21 Å². The van der Waals surface area contributed by atoms with Crippen LogP contribution in [0.5, 0.6) is 0 Å². The molecular formula is C15H29Cl3O9S. The highest BCUT2D eigenvalue weighted by Gasteiger charge is 2.24. The van der Waals surface area contributed by atoms with Crippen molar-refractivity contribution < 1.29 is 42.8 Å². The summed E-state index contributed by atoms with van der Waals surface area (Å²) in [6.07, 6.45) is -0.540. The summed E-state index contributed by atoms with van der Waals surface area (Å²) in [6.45, 7) is 2.56. The molecular weight excluding hydrogens is 463 g/mol. The van der Waals surface area contributed by atoms with Gasteiger partial charge in [0.05, 0.1) is 6.42 Å². The Labute approximate surface area is 182 Å². The summed E-state index contributed by atoms with van der Waals surface area (Å²) in [6, 6.07) is 0. The lowest BCUT2D eigenvalue weighted by Crippen LogP contribution is -2.26. The minimum absolute atomic E-state index is 0. The van der Waals surface area contributed by atoms with Crippen LogP contribution in [0, 0.1) is 0 Å². The number of hydrogen-bond donors (Lipinski definition) is 1. The van der Waals surface area contributed by atoms with Gasteiger partial charge in [0.25, 0.3) is 0 Å². The molecule has 0 aromatic heterocycles. The van der Waals surface area contributed by atoms with Crippen LogP contribution in [-0.2, 0) is 42.7 Å². The van der Waals surface area contributed by atoms with E-state index in [0.717, 1.165) is 0 Å². The van der Waals surface area contributed by atoms with E-state index in [1.807, 2.05) is 0 Å². The fraction of sp³-hybridized carbons (Fsp3) is 0.600. The van der Waals surface area contributed by atoms with Crippen molar-refractivity contribution >= 4 is 76.9 Å². The second-order valence-corrected chi connectivity index (χ2v) is 6.66. The lowest BCUT2D eigenvalue weighted by Gasteiger charge is -2.06. The van der Waals surface area contributed by atoms with Gasteiger partial charge in [-0.2, -0.15) is 0 Å². The predicted octanol–water partition coefficient (Wildman–Crippen LogP) is 3.83. The summed E-state index contributed by atoms with van der Waals surface area (Å²) in [7, 11) is 7.36. The first-order valence-electron chi connectivity index (χ1n) is 5.64. The first kappa shape index (κ1) is 45.4. The molecule has 1 heterocycles. The lowest BCUT2D eigenvalue weighted by molar-refractivity contribution is -0.174. The van der Waals surface area contributed by atoms with Gasteiger partial charge in [0, 0.05) is 21.4 Å². The zero-order chi connectivity index (χ0) is 19.9. The Morgan fingerprint density at radius 2 is 1.18 bits per heavy atom. The number of hydrogen-bond acceptors (Lipinski definition) is 8. The third-order valence-electron chi connectivity index (χ3n) is 1.30. The van der Waals surface area contributed by atoms with Crippen LogP contribution in [0.1, 0.15) is 62.8 Å². The topological polar surface area (TPSA) is 149 Å². The molecule has 1 saturated heterocycles. The lowest BCUT2D eigenvalue weighted by atomic mass is 10.3. The molecule has 0 aliphatic carbocycles. The summed E-state index contributed by atoms with van der Waals surface area (Å²) >= 11 is 4.81. The van der Waals surface area contributed by atoms with Crippen LogP contribution >= 0.6 is 33.0 Å². The van der Waals surface area contributed by atoms with Crippen molar-refractivity contribution in [1.29, 1.82) is 0 Å². The third-order valence-corrected chi connectivity index (χ3v) is 1.44. The molecule has 0 radical (unpaired) electrons. The van der Waals surface area contributed by atoms with Crippen LogP contribution in [0.15, 0.2) is 0 Å². The summed E-state index contributed by atoms with van der Waals surface area (Å²) in [5.74, 6) is -2.40. The Morgan fingerprint density at radius 1 is 0.929 bits per heavy atom. The molecule has 170 valence electrons. The highest BCUT2D eigenvalue weighted by atomic mass is 36.0. The maximum atomic E-state index is 9.95.